The smallest absolute Gasteiger partial charge is 0.252 e. The van der Waals surface area contributed by atoms with Crippen LogP contribution >= 0.6 is 11.3 Å². The minimum atomic E-state index is -3.56. The maximum absolute atomic E-state index is 13.3. The second kappa shape index (κ2) is 10.3. The fourth-order valence-electron chi connectivity index (χ4n) is 4.25. The standard InChI is InChI=1S/C22H27FN4O4S2/c23-18-5-1-6-19(14-18)24-20(28)16-25-9-11-26(12-10-25)22(29)17-4-2-8-27(15-17)33(30,31)21-7-3-13-32-21/h1,3,5-7,13-14,17H,2,4,8-12,15-16H2,(H,24,28). The molecule has 2 saturated heterocycles. The fraction of sp³-hybridized carbons (Fsp3) is 0.455. The van der Waals surface area contributed by atoms with E-state index in [9.17, 15) is 22.4 Å². The molecule has 11 heteroatoms. The van der Waals surface area contributed by atoms with E-state index in [4.69, 9.17) is 0 Å². The quantitative estimate of drug-likeness (QED) is 0.664. The predicted octanol–water partition coefficient (Wildman–Crippen LogP) is 2.07. The fourth-order valence-corrected chi connectivity index (χ4v) is 6.92. The van der Waals surface area contributed by atoms with Crippen LogP contribution in [0.15, 0.2) is 46.0 Å². The third-order valence-corrected chi connectivity index (χ3v) is 9.22. The second-order valence-electron chi connectivity index (χ2n) is 8.29. The van der Waals surface area contributed by atoms with Gasteiger partial charge in [0.2, 0.25) is 11.8 Å². The zero-order chi connectivity index (χ0) is 23.4. The summed E-state index contributed by atoms with van der Waals surface area (Å²) in [5.74, 6) is -1.02. The maximum atomic E-state index is 13.3. The topological polar surface area (TPSA) is 90.0 Å². The lowest BCUT2D eigenvalue weighted by Crippen LogP contribution is -2.53. The number of rotatable bonds is 6. The van der Waals surface area contributed by atoms with Crippen molar-refractivity contribution >= 4 is 38.9 Å². The first-order valence-corrected chi connectivity index (χ1v) is 13.2. The zero-order valence-electron chi connectivity index (χ0n) is 18.2. The molecule has 4 rings (SSSR count). The molecule has 1 unspecified atom stereocenters. The van der Waals surface area contributed by atoms with E-state index < -0.39 is 15.8 Å². The van der Waals surface area contributed by atoms with E-state index in [0.717, 1.165) is 0 Å². The van der Waals surface area contributed by atoms with Crippen LogP contribution in [0.1, 0.15) is 12.8 Å². The molecule has 1 aromatic heterocycles. The summed E-state index contributed by atoms with van der Waals surface area (Å²) in [6.07, 6.45) is 1.33. The number of amides is 2. The number of anilines is 1. The summed E-state index contributed by atoms with van der Waals surface area (Å²) in [7, 11) is -3.56. The van der Waals surface area contributed by atoms with Crippen LogP contribution in [0, 0.1) is 11.7 Å². The van der Waals surface area contributed by atoms with Gasteiger partial charge in [0, 0.05) is 45.0 Å². The summed E-state index contributed by atoms with van der Waals surface area (Å²) < 4.78 is 40.7. The molecule has 2 aliphatic heterocycles. The maximum Gasteiger partial charge on any atom is 0.252 e. The van der Waals surface area contributed by atoms with E-state index >= 15 is 0 Å². The number of nitrogens with one attached hydrogen (secondary N) is 1. The number of carbonyl (C=O) groups is 2. The first kappa shape index (κ1) is 23.8. The molecule has 8 nitrogen and oxygen atoms in total. The van der Waals surface area contributed by atoms with Crippen molar-refractivity contribution in [2.24, 2.45) is 5.92 Å². The number of nitrogens with zero attached hydrogens (tertiary/aromatic N) is 3. The number of benzene rings is 1. The van der Waals surface area contributed by atoms with Gasteiger partial charge in [0.05, 0.1) is 12.5 Å². The van der Waals surface area contributed by atoms with Crippen molar-refractivity contribution < 1.29 is 22.4 Å². The largest absolute Gasteiger partial charge is 0.340 e. The highest BCUT2D eigenvalue weighted by Crippen LogP contribution is 2.27. The van der Waals surface area contributed by atoms with Crippen molar-refractivity contribution in [1.29, 1.82) is 0 Å². The van der Waals surface area contributed by atoms with Gasteiger partial charge in [-0.1, -0.05) is 12.1 Å². The van der Waals surface area contributed by atoms with Gasteiger partial charge in [0.25, 0.3) is 10.0 Å². The summed E-state index contributed by atoms with van der Waals surface area (Å²) in [5, 5.41) is 4.42. The highest BCUT2D eigenvalue weighted by molar-refractivity contribution is 7.91. The van der Waals surface area contributed by atoms with Crippen molar-refractivity contribution in [2.45, 2.75) is 17.1 Å². The van der Waals surface area contributed by atoms with E-state index in [1.807, 2.05) is 4.90 Å². The highest BCUT2D eigenvalue weighted by Gasteiger charge is 2.36. The number of piperazine rings is 1. The Kier molecular flexibility index (Phi) is 7.42. The zero-order valence-corrected chi connectivity index (χ0v) is 19.8. The Balaban J connectivity index is 1.27. The van der Waals surface area contributed by atoms with Crippen molar-refractivity contribution in [3.8, 4) is 0 Å². The Morgan fingerprint density at radius 3 is 2.58 bits per heavy atom. The van der Waals surface area contributed by atoms with Gasteiger partial charge in [-0.2, -0.15) is 4.31 Å². The van der Waals surface area contributed by atoms with E-state index in [1.54, 1.807) is 28.5 Å². The molecule has 2 aliphatic rings. The van der Waals surface area contributed by atoms with Crippen LogP contribution in [0.2, 0.25) is 0 Å². The molecule has 33 heavy (non-hydrogen) atoms. The summed E-state index contributed by atoms with van der Waals surface area (Å²) in [6.45, 7) is 2.86. The summed E-state index contributed by atoms with van der Waals surface area (Å²) >= 11 is 1.19. The molecular formula is C22H27FN4O4S2. The summed E-state index contributed by atoms with van der Waals surface area (Å²) in [6, 6.07) is 9.05. The molecule has 1 atom stereocenters. The third-order valence-electron chi connectivity index (χ3n) is 5.98. The molecule has 2 fully saturated rings. The summed E-state index contributed by atoms with van der Waals surface area (Å²) in [5.41, 5.74) is 0.410. The number of thiophene rings is 1. The van der Waals surface area contributed by atoms with Gasteiger partial charge in [-0.15, -0.1) is 11.3 Å². The molecule has 1 N–H and O–H groups in total. The Labute approximate surface area is 197 Å². The van der Waals surface area contributed by atoms with Crippen LogP contribution in [0.3, 0.4) is 0 Å². The lowest BCUT2D eigenvalue weighted by molar-refractivity contribution is -0.138. The van der Waals surface area contributed by atoms with Gasteiger partial charge in [-0.05, 0) is 42.5 Å². The number of sulfonamides is 1. The minimum Gasteiger partial charge on any atom is -0.340 e. The van der Waals surface area contributed by atoms with Crippen LogP contribution in [-0.4, -0.2) is 80.2 Å². The monoisotopic (exact) mass is 494 g/mol. The predicted molar refractivity (Wildman–Crippen MR) is 124 cm³/mol. The Morgan fingerprint density at radius 2 is 1.88 bits per heavy atom. The van der Waals surface area contributed by atoms with Crippen LogP contribution in [0.25, 0.3) is 0 Å². The van der Waals surface area contributed by atoms with Gasteiger partial charge in [-0.25, -0.2) is 12.8 Å². The van der Waals surface area contributed by atoms with Gasteiger partial charge in [-0.3, -0.25) is 14.5 Å². The molecule has 2 amide bonds. The third kappa shape index (κ3) is 5.78. The molecule has 0 aliphatic carbocycles. The van der Waals surface area contributed by atoms with Crippen molar-refractivity contribution in [1.82, 2.24) is 14.1 Å². The van der Waals surface area contributed by atoms with Crippen molar-refractivity contribution in [3.63, 3.8) is 0 Å². The van der Waals surface area contributed by atoms with E-state index in [1.165, 1.54) is 33.8 Å². The van der Waals surface area contributed by atoms with Crippen LogP contribution in [-0.2, 0) is 19.6 Å². The Morgan fingerprint density at radius 1 is 1.09 bits per heavy atom. The molecule has 0 spiro atoms. The lowest BCUT2D eigenvalue weighted by atomic mass is 9.98. The second-order valence-corrected chi connectivity index (χ2v) is 11.4. The molecule has 178 valence electrons. The molecule has 1 aromatic carbocycles. The lowest BCUT2D eigenvalue weighted by Gasteiger charge is -2.38. The molecule has 2 aromatic rings. The first-order valence-electron chi connectivity index (χ1n) is 10.9. The number of halogens is 1. The number of hydrogen-bond acceptors (Lipinski definition) is 6. The number of hydrogen-bond donors (Lipinski definition) is 1. The van der Waals surface area contributed by atoms with Gasteiger partial charge in [0.15, 0.2) is 0 Å². The molecule has 0 saturated carbocycles. The average Bonchev–Trinajstić information content (AvgIpc) is 3.35. The molecular weight excluding hydrogens is 467 g/mol. The molecule has 0 radical (unpaired) electrons. The Bertz CT molecular complexity index is 1090. The van der Waals surface area contributed by atoms with Gasteiger partial charge < -0.3 is 10.2 Å². The van der Waals surface area contributed by atoms with Crippen molar-refractivity contribution in [2.75, 3.05) is 51.1 Å². The van der Waals surface area contributed by atoms with E-state index in [2.05, 4.69) is 5.32 Å². The number of carbonyl (C=O) groups excluding carboxylic acids is 2. The Hall–Kier alpha value is -2.34. The number of piperidine rings is 1. The van der Waals surface area contributed by atoms with Crippen molar-refractivity contribution in [3.05, 3.63) is 47.6 Å². The van der Waals surface area contributed by atoms with Crippen LogP contribution in [0.4, 0.5) is 10.1 Å². The SMILES string of the molecule is O=C(CN1CCN(C(=O)C2CCCN(S(=O)(=O)c3cccs3)C2)CC1)Nc1cccc(F)c1. The van der Waals surface area contributed by atoms with E-state index in [-0.39, 0.29) is 30.8 Å². The van der Waals surface area contributed by atoms with E-state index in [0.29, 0.717) is 55.5 Å². The van der Waals surface area contributed by atoms with Gasteiger partial charge >= 0.3 is 0 Å². The molecule has 0 bridgehead atoms. The highest BCUT2D eigenvalue weighted by atomic mass is 32.2. The minimum absolute atomic E-state index is 0.0232. The van der Waals surface area contributed by atoms with Gasteiger partial charge in [0.1, 0.15) is 10.0 Å². The average molecular weight is 495 g/mol. The van der Waals surface area contributed by atoms with Crippen LogP contribution in [0.5, 0.6) is 0 Å². The normalized spacial score (nSPS) is 20.5. The first-order chi connectivity index (χ1) is 15.8. The summed E-state index contributed by atoms with van der Waals surface area (Å²) in [4.78, 5) is 29.1. The molecule has 3 heterocycles. The van der Waals surface area contributed by atoms with Crippen LogP contribution < -0.4 is 5.32 Å².